The minimum Gasteiger partial charge on any atom is -0.480 e. The zero-order chi connectivity index (χ0) is 21.1. The molecule has 0 aliphatic heterocycles. The standard InChI is InChI=1S/C20H19IN6O2S/c1-29-19-14(4-3-9-23-19)18(28)22-10-11-27-17-15(30-2)16(25-20(27)26-17)24-13-7-5-12(21)6-8-13/h3-9H,10-11H2,1-2H3,(H,22,28)(H,24,25,26). The summed E-state index contributed by atoms with van der Waals surface area (Å²) in [5.41, 5.74) is 2.94. The number of rotatable bonds is 7. The molecule has 30 heavy (non-hydrogen) atoms. The highest BCUT2D eigenvalue weighted by atomic mass is 127. The number of hydrogen-bond donors (Lipinski definition) is 2. The number of pyridine rings is 1. The number of aromatic nitrogens is 4. The zero-order valence-electron chi connectivity index (χ0n) is 16.3. The summed E-state index contributed by atoms with van der Waals surface area (Å²) in [7, 11) is 1.50. The van der Waals surface area contributed by atoms with E-state index in [1.54, 1.807) is 30.1 Å². The average molecular weight is 534 g/mol. The van der Waals surface area contributed by atoms with Crippen molar-refractivity contribution in [2.24, 2.45) is 4.99 Å². The van der Waals surface area contributed by atoms with Crippen molar-refractivity contribution < 1.29 is 9.53 Å². The van der Waals surface area contributed by atoms with E-state index in [2.05, 4.69) is 47.9 Å². The average Bonchev–Trinajstić information content (AvgIpc) is 2.77. The van der Waals surface area contributed by atoms with Crippen molar-refractivity contribution in [1.29, 1.82) is 0 Å². The fourth-order valence-electron chi connectivity index (χ4n) is 3.04. The van der Waals surface area contributed by atoms with Crippen molar-refractivity contribution >= 4 is 57.4 Å². The van der Waals surface area contributed by atoms with Crippen LogP contribution in [0.1, 0.15) is 10.4 Å². The third kappa shape index (κ3) is 4.15. The van der Waals surface area contributed by atoms with Gasteiger partial charge in [0, 0.05) is 22.9 Å². The molecule has 0 saturated carbocycles. The van der Waals surface area contributed by atoms with Gasteiger partial charge in [-0.1, -0.05) is 0 Å². The van der Waals surface area contributed by atoms with Crippen LogP contribution >= 0.6 is 34.4 Å². The predicted molar refractivity (Wildman–Crippen MR) is 125 cm³/mol. The molecule has 1 aromatic carbocycles. The van der Waals surface area contributed by atoms with Gasteiger partial charge in [-0.25, -0.2) is 9.98 Å². The highest BCUT2D eigenvalue weighted by molar-refractivity contribution is 14.1. The molecule has 0 aliphatic rings. The first-order chi connectivity index (χ1) is 14.6. The van der Waals surface area contributed by atoms with Gasteiger partial charge >= 0.3 is 0 Å². The molecule has 2 bridgehead atoms. The molecule has 8 nitrogen and oxygen atoms in total. The summed E-state index contributed by atoms with van der Waals surface area (Å²) < 4.78 is 8.35. The first-order valence-electron chi connectivity index (χ1n) is 9.14. The summed E-state index contributed by atoms with van der Waals surface area (Å²) in [5.74, 6) is 0.825. The summed E-state index contributed by atoms with van der Waals surface area (Å²) in [6, 6.07) is 11.4. The molecule has 4 heterocycles. The lowest BCUT2D eigenvalue weighted by Crippen LogP contribution is -2.31. The van der Waals surface area contributed by atoms with Crippen LogP contribution in [0.3, 0.4) is 0 Å². The second-order valence-electron chi connectivity index (χ2n) is 6.32. The molecule has 1 amide bonds. The molecule has 5 rings (SSSR count). The second kappa shape index (κ2) is 9.04. The van der Waals surface area contributed by atoms with Crippen molar-refractivity contribution in [3.63, 3.8) is 0 Å². The number of H-pyrrole nitrogens is 1. The van der Waals surface area contributed by atoms with E-state index in [-0.39, 0.29) is 5.91 Å². The maximum Gasteiger partial charge on any atom is 0.256 e. The normalized spacial score (nSPS) is 11.9. The number of methoxy groups -OCH3 is 1. The Kier molecular flexibility index (Phi) is 6.23. The Hall–Kier alpha value is -2.60. The number of benzene rings is 1. The van der Waals surface area contributed by atoms with E-state index < -0.39 is 0 Å². The first-order valence-corrected chi connectivity index (χ1v) is 11.4. The second-order valence-corrected chi connectivity index (χ2v) is 8.38. The highest BCUT2D eigenvalue weighted by Crippen LogP contribution is 2.22. The van der Waals surface area contributed by atoms with Gasteiger partial charge in [-0.3, -0.25) is 9.36 Å². The van der Waals surface area contributed by atoms with Gasteiger partial charge in [0.05, 0.1) is 17.7 Å². The summed E-state index contributed by atoms with van der Waals surface area (Å²) in [4.78, 5) is 30.0. The van der Waals surface area contributed by atoms with Gasteiger partial charge in [-0.15, -0.1) is 11.8 Å². The molecule has 0 unspecified atom stereocenters. The molecule has 0 spiro atoms. The largest absolute Gasteiger partial charge is 0.480 e. The number of nitrogens with one attached hydrogen (secondary N) is 2. The fourth-order valence-corrected chi connectivity index (χ4v) is 4.03. The maximum absolute atomic E-state index is 12.4. The Morgan fingerprint density at radius 1 is 1.33 bits per heavy atom. The summed E-state index contributed by atoms with van der Waals surface area (Å²) in [5, 5.41) is 2.91. The van der Waals surface area contributed by atoms with E-state index in [0.717, 1.165) is 25.6 Å². The Morgan fingerprint density at radius 3 is 2.87 bits per heavy atom. The SMILES string of the molecule is COc1ncccc1C(=O)NCCn1c2nc(=Nc3ccc(I)cc3)c(SC)c1[nH]2. The maximum atomic E-state index is 12.4. The van der Waals surface area contributed by atoms with E-state index in [1.165, 1.54) is 7.11 Å². The van der Waals surface area contributed by atoms with Crippen LogP contribution in [0.2, 0.25) is 0 Å². The van der Waals surface area contributed by atoms with Crippen LogP contribution in [0.4, 0.5) is 5.69 Å². The number of nitrogens with zero attached hydrogens (tertiary/aromatic N) is 4. The van der Waals surface area contributed by atoms with Gasteiger partial charge in [-0.05, 0) is 65.2 Å². The number of halogens is 1. The van der Waals surface area contributed by atoms with Gasteiger partial charge < -0.3 is 15.0 Å². The Labute approximate surface area is 190 Å². The van der Waals surface area contributed by atoms with E-state index in [4.69, 9.17) is 4.74 Å². The number of ether oxygens (including phenoxy) is 1. The lowest BCUT2D eigenvalue weighted by atomic mass is 10.2. The predicted octanol–water partition coefficient (Wildman–Crippen LogP) is 3.19. The molecule has 5 aromatic rings. The number of hydrogen-bond acceptors (Lipinski definition) is 6. The number of amides is 1. The van der Waals surface area contributed by atoms with Crippen molar-refractivity contribution in [2.75, 3.05) is 19.9 Å². The molecular weight excluding hydrogens is 515 g/mol. The lowest BCUT2D eigenvalue weighted by Gasteiger charge is -2.19. The monoisotopic (exact) mass is 534 g/mol. The molecule has 0 atom stereocenters. The molecule has 10 heteroatoms. The molecule has 4 aromatic heterocycles. The Bertz CT molecular complexity index is 1230. The third-order valence-electron chi connectivity index (χ3n) is 4.48. The van der Waals surface area contributed by atoms with E-state index in [0.29, 0.717) is 30.0 Å². The van der Waals surface area contributed by atoms with Crippen LogP contribution in [0.15, 0.2) is 52.5 Å². The van der Waals surface area contributed by atoms with Crippen LogP contribution in [0.5, 0.6) is 5.88 Å². The van der Waals surface area contributed by atoms with Crippen molar-refractivity contribution in [3.05, 3.63) is 57.2 Å². The van der Waals surface area contributed by atoms with Crippen LogP contribution in [-0.4, -0.2) is 45.3 Å². The highest BCUT2D eigenvalue weighted by Gasteiger charge is 2.17. The summed E-state index contributed by atoms with van der Waals surface area (Å²) >= 11 is 3.86. The summed E-state index contributed by atoms with van der Waals surface area (Å²) in [6.07, 6.45) is 3.59. The van der Waals surface area contributed by atoms with Gasteiger partial charge in [0.25, 0.3) is 5.91 Å². The van der Waals surface area contributed by atoms with Crippen LogP contribution < -0.4 is 15.5 Å². The minimum atomic E-state index is -0.222. The first kappa shape index (κ1) is 20.7. The van der Waals surface area contributed by atoms with Crippen molar-refractivity contribution in [2.45, 2.75) is 11.4 Å². The number of thioether (sulfide) groups is 1. The Balaban J connectivity index is 1.50. The van der Waals surface area contributed by atoms with Crippen LogP contribution in [0.25, 0.3) is 11.4 Å². The number of aromatic amines is 1. The number of carbonyl (C=O) groups excluding carboxylic acids is 1. The van der Waals surface area contributed by atoms with Crippen LogP contribution in [-0.2, 0) is 6.54 Å². The molecule has 0 saturated heterocycles. The quantitative estimate of drug-likeness (QED) is 0.281. The van der Waals surface area contributed by atoms with Gasteiger partial charge in [0.1, 0.15) is 11.2 Å². The lowest BCUT2D eigenvalue weighted by molar-refractivity contribution is 0.0948. The van der Waals surface area contributed by atoms with Gasteiger partial charge in [-0.2, -0.15) is 4.98 Å². The van der Waals surface area contributed by atoms with Gasteiger partial charge in [0.15, 0.2) is 5.49 Å². The molecule has 2 N–H and O–H groups in total. The van der Waals surface area contributed by atoms with Crippen LogP contribution in [0, 0.1) is 3.57 Å². The molecule has 0 aliphatic carbocycles. The number of fused-ring (bicyclic) bond motifs is 2. The minimum absolute atomic E-state index is 0.222. The topological polar surface area (TPSA) is 97.2 Å². The third-order valence-corrected chi connectivity index (χ3v) is 5.98. The summed E-state index contributed by atoms with van der Waals surface area (Å²) in [6.45, 7) is 1.04. The smallest absolute Gasteiger partial charge is 0.256 e. The van der Waals surface area contributed by atoms with E-state index >= 15 is 0 Å². The van der Waals surface area contributed by atoms with Crippen molar-refractivity contribution in [1.82, 2.24) is 24.8 Å². The van der Waals surface area contributed by atoms with E-state index in [9.17, 15) is 4.79 Å². The van der Waals surface area contributed by atoms with E-state index in [1.807, 2.05) is 35.1 Å². The zero-order valence-corrected chi connectivity index (χ0v) is 19.3. The molecular formula is C20H19IN6O2S. The van der Waals surface area contributed by atoms with Gasteiger partial charge in [0.2, 0.25) is 11.7 Å². The fraction of sp³-hybridized carbons (Fsp3) is 0.200. The molecule has 154 valence electrons. The molecule has 0 radical (unpaired) electrons. The molecule has 0 fully saturated rings. The van der Waals surface area contributed by atoms with Crippen molar-refractivity contribution in [3.8, 4) is 5.88 Å². The number of carbonyl (C=O) groups is 1. The Morgan fingerprint density at radius 2 is 2.13 bits per heavy atom.